The maximum absolute atomic E-state index is 12.0. The molecule has 28 heavy (non-hydrogen) atoms. The van der Waals surface area contributed by atoms with Gasteiger partial charge in [-0.05, 0) is 11.6 Å². The molecule has 0 spiro atoms. The summed E-state index contributed by atoms with van der Waals surface area (Å²) in [6, 6.07) is 18.4. The fourth-order valence-electron chi connectivity index (χ4n) is 2.98. The monoisotopic (exact) mass is 390 g/mol. The van der Waals surface area contributed by atoms with Gasteiger partial charge in [-0.1, -0.05) is 59.9 Å². The first kappa shape index (κ1) is 17.9. The predicted octanol–water partition coefficient (Wildman–Crippen LogP) is 2.82. The molecular formula is C20H18N6OS. The fraction of sp³-hybridized carbons (Fsp3) is 0.100. The van der Waals surface area contributed by atoms with Gasteiger partial charge in [0.05, 0.1) is 12.6 Å². The van der Waals surface area contributed by atoms with Gasteiger partial charge in [-0.3, -0.25) is 4.79 Å². The average Bonchev–Trinajstić information content (AvgIpc) is 3.26. The average molecular weight is 390 g/mol. The number of hydrazone groups is 1. The maximum Gasteiger partial charge on any atom is 0.247 e. The van der Waals surface area contributed by atoms with E-state index in [9.17, 15) is 4.79 Å². The Morgan fingerprint density at radius 1 is 1.14 bits per heavy atom. The van der Waals surface area contributed by atoms with Crippen molar-refractivity contribution in [1.29, 1.82) is 0 Å². The lowest BCUT2D eigenvalue weighted by molar-refractivity contribution is -0.120. The summed E-state index contributed by atoms with van der Waals surface area (Å²) < 4.78 is 2.18. The van der Waals surface area contributed by atoms with Crippen LogP contribution in [0.25, 0.3) is 10.9 Å². The van der Waals surface area contributed by atoms with Crippen LogP contribution in [-0.2, 0) is 17.8 Å². The fourth-order valence-corrected chi connectivity index (χ4v) is 3.59. The number of fused-ring (bicyclic) bond motifs is 1. The Balaban J connectivity index is 1.50. The summed E-state index contributed by atoms with van der Waals surface area (Å²) in [6.07, 6.45) is 3.80. The van der Waals surface area contributed by atoms with Gasteiger partial charge in [-0.25, -0.2) is 5.43 Å². The summed E-state index contributed by atoms with van der Waals surface area (Å²) in [7, 11) is 0. The summed E-state index contributed by atoms with van der Waals surface area (Å²) >= 11 is 1.19. The van der Waals surface area contributed by atoms with Crippen molar-refractivity contribution in [2.45, 2.75) is 13.0 Å². The lowest BCUT2D eigenvalue weighted by Gasteiger charge is -2.05. The van der Waals surface area contributed by atoms with Gasteiger partial charge in [0.15, 0.2) is 0 Å². The Hall–Kier alpha value is -3.52. The number of carbonyl (C=O) groups is 1. The number of benzene rings is 2. The summed E-state index contributed by atoms with van der Waals surface area (Å²) in [5.41, 5.74) is 11.3. The molecule has 0 atom stereocenters. The molecule has 2 aromatic carbocycles. The normalized spacial score (nSPS) is 11.3. The van der Waals surface area contributed by atoms with Gasteiger partial charge in [0, 0.05) is 29.2 Å². The van der Waals surface area contributed by atoms with E-state index < -0.39 is 0 Å². The van der Waals surface area contributed by atoms with Crippen molar-refractivity contribution in [3.05, 3.63) is 76.9 Å². The van der Waals surface area contributed by atoms with E-state index in [1.54, 1.807) is 6.21 Å². The third-order valence-electron chi connectivity index (χ3n) is 4.20. The zero-order valence-electron chi connectivity index (χ0n) is 14.9. The van der Waals surface area contributed by atoms with Crippen molar-refractivity contribution in [1.82, 2.24) is 20.2 Å². The first-order valence-electron chi connectivity index (χ1n) is 8.70. The number of nitrogen functional groups attached to an aromatic ring is 1. The number of aromatic nitrogens is 3. The topological polar surface area (TPSA) is 98.2 Å². The van der Waals surface area contributed by atoms with Crippen molar-refractivity contribution < 1.29 is 4.79 Å². The van der Waals surface area contributed by atoms with Crippen molar-refractivity contribution in [2.75, 3.05) is 5.73 Å². The van der Waals surface area contributed by atoms with Gasteiger partial charge >= 0.3 is 0 Å². The number of nitrogens with zero attached hydrogens (tertiary/aromatic N) is 4. The number of rotatable bonds is 6. The molecule has 0 aliphatic rings. The number of carbonyl (C=O) groups excluding carboxylic acids is 1. The van der Waals surface area contributed by atoms with Crippen LogP contribution >= 0.6 is 11.3 Å². The second-order valence-corrected chi connectivity index (χ2v) is 7.31. The van der Waals surface area contributed by atoms with Crippen LogP contribution in [0.4, 0.5) is 5.13 Å². The van der Waals surface area contributed by atoms with E-state index in [-0.39, 0.29) is 12.3 Å². The number of hydrogen-bond acceptors (Lipinski definition) is 6. The van der Waals surface area contributed by atoms with E-state index in [1.807, 2.05) is 42.6 Å². The van der Waals surface area contributed by atoms with Gasteiger partial charge < -0.3 is 10.3 Å². The van der Waals surface area contributed by atoms with E-state index in [0.29, 0.717) is 10.1 Å². The Morgan fingerprint density at radius 2 is 1.93 bits per heavy atom. The molecule has 4 aromatic rings. The highest BCUT2D eigenvalue weighted by atomic mass is 32.1. The SMILES string of the molecule is Nc1nnc(CC(=O)NN=Cc2cn(Cc3ccccc3)c3ccccc23)s1. The molecule has 1 amide bonds. The Morgan fingerprint density at radius 3 is 2.71 bits per heavy atom. The summed E-state index contributed by atoms with van der Waals surface area (Å²) in [5.74, 6) is -0.263. The van der Waals surface area contributed by atoms with Crippen LogP contribution in [-0.4, -0.2) is 26.9 Å². The molecule has 0 aliphatic heterocycles. The van der Waals surface area contributed by atoms with E-state index in [2.05, 4.69) is 43.5 Å². The lowest BCUT2D eigenvalue weighted by Crippen LogP contribution is -2.19. The third-order valence-corrected chi connectivity index (χ3v) is 4.95. The smallest absolute Gasteiger partial charge is 0.247 e. The molecule has 3 N–H and O–H groups in total. The molecule has 0 saturated carbocycles. The summed E-state index contributed by atoms with van der Waals surface area (Å²) in [6.45, 7) is 0.764. The zero-order valence-corrected chi connectivity index (χ0v) is 15.8. The maximum atomic E-state index is 12.0. The van der Waals surface area contributed by atoms with Gasteiger partial charge in [0.25, 0.3) is 0 Å². The number of nitrogens with one attached hydrogen (secondary N) is 1. The first-order valence-corrected chi connectivity index (χ1v) is 9.52. The predicted molar refractivity (Wildman–Crippen MR) is 111 cm³/mol. The standard InChI is InChI=1S/C20H18N6OS/c21-20-25-24-19(28-20)10-18(27)23-22-11-15-13-26(12-14-6-2-1-3-7-14)17-9-5-4-8-16(15)17/h1-9,11,13H,10,12H2,(H2,21,25)(H,23,27). The number of anilines is 1. The van der Waals surface area contributed by atoms with Crippen LogP contribution in [0.15, 0.2) is 65.9 Å². The number of amides is 1. The molecule has 7 nitrogen and oxygen atoms in total. The molecular weight excluding hydrogens is 372 g/mol. The molecule has 0 fully saturated rings. The van der Waals surface area contributed by atoms with Crippen LogP contribution in [0, 0.1) is 0 Å². The number of hydrogen-bond donors (Lipinski definition) is 2. The molecule has 2 heterocycles. The summed E-state index contributed by atoms with van der Waals surface area (Å²) in [4.78, 5) is 12.0. The highest BCUT2D eigenvalue weighted by Crippen LogP contribution is 2.21. The van der Waals surface area contributed by atoms with E-state index in [1.165, 1.54) is 16.9 Å². The van der Waals surface area contributed by atoms with Crippen LogP contribution in [0.2, 0.25) is 0 Å². The molecule has 0 unspecified atom stereocenters. The van der Waals surface area contributed by atoms with Crippen LogP contribution in [0.1, 0.15) is 16.1 Å². The van der Waals surface area contributed by atoms with Gasteiger partial charge in [0.2, 0.25) is 11.0 Å². The van der Waals surface area contributed by atoms with E-state index in [0.717, 1.165) is 23.0 Å². The molecule has 0 aliphatic carbocycles. The van der Waals surface area contributed by atoms with Gasteiger partial charge in [-0.2, -0.15) is 5.10 Å². The van der Waals surface area contributed by atoms with Crippen LogP contribution < -0.4 is 11.2 Å². The molecule has 8 heteroatoms. The molecule has 0 saturated heterocycles. The minimum absolute atomic E-state index is 0.0992. The molecule has 0 radical (unpaired) electrons. The Labute approximate surface area is 165 Å². The number of nitrogens with two attached hydrogens (primary N) is 1. The molecule has 0 bridgehead atoms. The first-order chi connectivity index (χ1) is 13.7. The van der Waals surface area contributed by atoms with Crippen molar-refractivity contribution in [2.24, 2.45) is 5.10 Å². The highest BCUT2D eigenvalue weighted by Gasteiger charge is 2.09. The van der Waals surface area contributed by atoms with Crippen LogP contribution in [0.3, 0.4) is 0 Å². The molecule has 2 aromatic heterocycles. The molecule has 4 rings (SSSR count). The largest absolute Gasteiger partial charge is 0.374 e. The number of para-hydroxylation sites is 1. The summed E-state index contributed by atoms with van der Waals surface area (Å²) in [5, 5.41) is 13.6. The van der Waals surface area contributed by atoms with Crippen LogP contribution in [0.5, 0.6) is 0 Å². The Bertz CT molecular complexity index is 1130. The minimum atomic E-state index is -0.263. The second-order valence-electron chi connectivity index (χ2n) is 6.22. The Kier molecular flexibility index (Phi) is 5.11. The van der Waals surface area contributed by atoms with Crippen molar-refractivity contribution in [3.8, 4) is 0 Å². The quantitative estimate of drug-likeness (QED) is 0.391. The van der Waals surface area contributed by atoms with E-state index in [4.69, 9.17) is 5.73 Å². The highest BCUT2D eigenvalue weighted by molar-refractivity contribution is 7.15. The van der Waals surface area contributed by atoms with Crippen molar-refractivity contribution >= 4 is 39.5 Å². The zero-order chi connectivity index (χ0) is 19.3. The van der Waals surface area contributed by atoms with Gasteiger partial charge in [0.1, 0.15) is 5.01 Å². The molecule has 140 valence electrons. The van der Waals surface area contributed by atoms with Gasteiger partial charge in [-0.15, -0.1) is 10.2 Å². The second kappa shape index (κ2) is 8.01. The van der Waals surface area contributed by atoms with Crippen molar-refractivity contribution in [3.63, 3.8) is 0 Å². The lowest BCUT2D eigenvalue weighted by atomic mass is 10.2. The minimum Gasteiger partial charge on any atom is -0.374 e. The van der Waals surface area contributed by atoms with E-state index >= 15 is 0 Å². The third kappa shape index (κ3) is 4.07.